The number of hydrogen-bond acceptors (Lipinski definition) is 4. The molecule has 0 radical (unpaired) electrons. The van der Waals surface area contributed by atoms with Gasteiger partial charge in [-0.2, -0.15) is 10.5 Å². The Kier molecular flexibility index (Phi) is 4.43. The Balaban J connectivity index is 2.19. The number of hydrogen-bond donors (Lipinski definition) is 1. The van der Waals surface area contributed by atoms with Crippen molar-refractivity contribution in [3.05, 3.63) is 58.7 Å². The molecule has 1 N–H and O–H groups in total. The standard InChI is InChI=1S/C17H15N3O/c1-12-3-6-17(21-2)15(7-12)11-20-16-5-4-13(9-18)14(8-16)10-19/h3-8,20H,11H2,1-2H3. The largest absolute Gasteiger partial charge is 0.496 e. The molecule has 0 fully saturated rings. The molecule has 0 bridgehead atoms. The van der Waals surface area contributed by atoms with Crippen molar-refractivity contribution in [3.8, 4) is 17.9 Å². The van der Waals surface area contributed by atoms with E-state index in [1.807, 2.05) is 31.2 Å². The van der Waals surface area contributed by atoms with Gasteiger partial charge in [0.15, 0.2) is 0 Å². The van der Waals surface area contributed by atoms with Crippen LogP contribution in [-0.4, -0.2) is 7.11 Å². The maximum atomic E-state index is 9.03. The summed E-state index contributed by atoms with van der Waals surface area (Å²) in [6.45, 7) is 2.61. The van der Waals surface area contributed by atoms with Crippen molar-refractivity contribution in [2.75, 3.05) is 12.4 Å². The maximum absolute atomic E-state index is 9.03. The second kappa shape index (κ2) is 6.45. The first-order chi connectivity index (χ1) is 10.2. The molecule has 0 saturated heterocycles. The molecule has 2 aromatic rings. The second-order valence-corrected chi connectivity index (χ2v) is 4.65. The van der Waals surface area contributed by atoms with Crippen LogP contribution >= 0.6 is 0 Å². The smallest absolute Gasteiger partial charge is 0.123 e. The Morgan fingerprint density at radius 3 is 2.48 bits per heavy atom. The first kappa shape index (κ1) is 14.4. The predicted octanol–water partition coefficient (Wildman–Crippen LogP) is 3.36. The summed E-state index contributed by atoms with van der Waals surface area (Å²) in [6.07, 6.45) is 0. The van der Waals surface area contributed by atoms with Crippen molar-refractivity contribution < 1.29 is 4.74 Å². The average molecular weight is 277 g/mol. The number of nitrogens with one attached hydrogen (secondary N) is 1. The SMILES string of the molecule is COc1ccc(C)cc1CNc1ccc(C#N)c(C#N)c1. The van der Waals surface area contributed by atoms with E-state index in [1.165, 1.54) is 0 Å². The van der Waals surface area contributed by atoms with Crippen molar-refractivity contribution in [3.63, 3.8) is 0 Å². The fourth-order valence-electron chi connectivity index (χ4n) is 2.09. The molecule has 0 aliphatic heterocycles. The van der Waals surface area contributed by atoms with Gasteiger partial charge in [-0.05, 0) is 31.2 Å². The van der Waals surface area contributed by atoms with Gasteiger partial charge in [-0.3, -0.25) is 0 Å². The molecule has 21 heavy (non-hydrogen) atoms. The van der Waals surface area contributed by atoms with Crippen LogP contribution in [-0.2, 0) is 6.54 Å². The third-order valence-corrected chi connectivity index (χ3v) is 3.18. The monoisotopic (exact) mass is 277 g/mol. The third kappa shape index (κ3) is 3.32. The highest BCUT2D eigenvalue weighted by Gasteiger charge is 2.05. The van der Waals surface area contributed by atoms with Crippen LogP contribution in [0.15, 0.2) is 36.4 Å². The van der Waals surface area contributed by atoms with Crippen LogP contribution < -0.4 is 10.1 Å². The number of aryl methyl sites for hydroxylation is 1. The molecule has 0 aliphatic rings. The highest BCUT2D eigenvalue weighted by molar-refractivity contribution is 5.56. The van der Waals surface area contributed by atoms with Crippen LogP contribution in [0.1, 0.15) is 22.3 Å². The molecule has 2 rings (SSSR count). The van der Waals surface area contributed by atoms with Crippen LogP contribution in [0.2, 0.25) is 0 Å². The van der Waals surface area contributed by atoms with E-state index >= 15 is 0 Å². The number of anilines is 1. The van der Waals surface area contributed by atoms with Crippen molar-refractivity contribution in [2.24, 2.45) is 0 Å². The number of ether oxygens (including phenoxy) is 1. The Morgan fingerprint density at radius 2 is 1.81 bits per heavy atom. The lowest BCUT2D eigenvalue weighted by molar-refractivity contribution is 0.410. The molecule has 0 heterocycles. The van der Waals surface area contributed by atoms with E-state index in [0.717, 1.165) is 22.6 Å². The molecule has 0 atom stereocenters. The number of benzene rings is 2. The molecule has 0 saturated carbocycles. The van der Waals surface area contributed by atoms with Crippen LogP contribution in [0.5, 0.6) is 5.75 Å². The van der Waals surface area contributed by atoms with E-state index in [2.05, 4.69) is 11.4 Å². The third-order valence-electron chi connectivity index (χ3n) is 3.18. The van der Waals surface area contributed by atoms with Gasteiger partial charge >= 0.3 is 0 Å². The summed E-state index contributed by atoms with van der Waals surface area (Å²) in [5, 5.41) is 21.2. The minimum absolute atomic E-state index is 0.374. The minimum atomic E-state index is 0.374. The Bertz CT molecular complexity index is 739. The Hall–Kier alpha value is -2.98. The van der Waals surface area contributed by atoms with Gasteiger partial charge in [-0.25, -0.2) is 0 Å². The first-order valence-electron chi connectivity index (χ1n) is 6.49. The van der Waals surface area contributed by atoms with Crippen LogP contribution in [0.25, 0.3) is 0 Å². The summed E-state index contributed by atoms with van der Waals surface area (Å²) in [5.74, 6) is 0.822. The summed E-state index contributed by atoms with van der Waals surface area (Å²) in [5.41, 5.74) is 3.76. The lowest BCUT2D eigenvalue weighted by Crippen LogP contribution is -2.02. The quantitative estimate of drug-likeness (QED) is 0.930. The van der Waals surface area contributed by atoms with Gasteiger partial charge in [0.2, 0.25) is 0 Å². The molecular formula is C17H15N3O. The van der Waals surface area contributed by atoms with Gasteiger partial charge in [0.1, 0.15) is 17.9 Å². The summed E-state index contributed by atoms with van der Waals surface area (Å²) in [6, 6.07) is 15.1. The zero-order chi connectivity index (χ0) is 15.2. The first-order valence-corrected chi connectivity index (χ1v) is 6.49. The zero-order valence-electron chi connectivity index (χ0n) is 12.0. The molecule has 0 unspecified atom stereocenters. The average Bonchev–Trinajstić information content (AvgIpc) is 2.52. The van der Waals surface area contributed by atoms with Crippen molar-refractivity contribution in [1.82, 2.24) is 0 Å². The van der Waals surface area contributed by atoms with Crippen LogP contribution in [0.3, 0.4) is 0 Å². The molecule has 0 aromatic heterocycles. The maximum Gasteiger partial charge on any atom is 0.123 e. The normalized spacial score (nSPS) is 9.52. The van der Waals surface area contributed by atoms with Gasteiger partial charge < -0.3 is 10.1 Å². The molecule has 4 heteroatoms. The fourth-order valence-corrected chi connectivity index (χ4v) is 2.09. The minimum Gasteiger partial charge on any atom is -0.496 e. The molecular weight excluding hydrogens is 262 g/mol. The molecule has 0 spiro atoms. The Morgan fingerprint density at radius 1 is 1.05 bits per heavy atom. The van der Waals surface area contributed by atoms with E-state index in [9.17, 15) is 0 Å². The molecule has 4 nitrogen and oxygen atoms in total. The topological polar surface area (TPSA) is 68.8 Å². The van der Waals surface area contributed by atoms with Gasteiger partial charge in [0.25, 0.3) is 0 Å². The van der Waals surface area contributed by atoms with E-state index < -0.39 is 0 Å². The van der Waals surface area contributed by atoms with Crippen molar-refractivity contribution in [1.29, 1.82) is 10.5 Å². The number of nitrogens with zero attached hydrogens (tertiary/aromatic N) is 2. The molecule has 2 aromatic carbocycles. The number of methoxy groups -OCH3 is 1. The second-order valence-electron chi connectivity index (χ2n) is 4.65. The summed E-state index contributed by atoms with van der Waals surface area (Å²) < 4.78 is 5.33. The van der Waals surface area contributed by atoms with E-state index in [1.54, 1.807) is 25.3 Å². The van der Waals surface area contributed by atoms with Gasteiger partial charge in [0.05, 0.1) is 18.2 Å². The van der Waals surface area contributed by atoms with Crippen molar-refractivity contribution >= 4 is 5.69 Å². The summed E-state index contributed by atoms with van der Waals surface area (Å²) >= 11 is 0. The highest BCUT2D eigenvalue weighted by atomic mass is 16.5. The van der Waals surface area contributed by atoms with Gasteiger partial charge in [-0.15, -0.1) is 0 Å². The highest BCUT2D eigenvalue weighted by Crippen LogP contribution is 2.22. The molecule has 104 valence electrons. The van der Waals surface area contributed by atoms with Crippen LogP contribution in [0.4, 0.5) is 5.69 Å². The van der Waals surface area contributed by atoms with Crippen LogP contribution in [0, 0.1) is 29.6 Å². The Labute approximate surface area is 124 Å². The van der Waals surface area contributed by atoms with Gasteiger partial charge in [0, 0.05) is 17.8 Å². The summed E-state index contributed by atoms with van der Waals surface area (Å²) in [7, 11) is 1.64. The number of rotatable bonds is 4. The number of nitriles is 2. The fraction of sp³-hybridized carbons (Fsp3) is 0.176. The van der Waals surface area contributed by atoms with Gasteiger partial charge in [-0.1, -0.05) is 17.7 Å². The summed E-state index contributed by atoms with van der Waals surface area (Å²) in [4.78, 5) is 0. The lowest BCUT2D eigenvalue weighted by atomic mass is 10.1. The van der Waals surface area contributed by atoms with E-state index in [4.69, 9.17) is 15.3 Å². The van der Waals surface area contributed by atoms with E-state index in [-0.39, 0.29) is 0 Å². The molecule has 0 amide bonds. The van der Waals surface area contributed by atoms with E-state index in [0.29, 0.717) is 17.7 Å². The lowest BCUT2D eigenvalue weighted by Gasteiger charge is -2.12. The zero-order valence-corrected chi connectivity index (χ0v) is 12.0. The predicted molar refractivity (Wildman–Crippen MR) is 80.9 cm³/mol. The molecule has 0 aliphatic carbocycles. The van der Waals surface area contributed by atoms with Crippen molar-refractivity contribution in [2.45, 2.75) is 13.5 Å².